The molecule has 0 atom stereocenters. The van der Waals surface area contributed by atoms with Gasteiger partial charge in [0, 0.05) is 12.2 Å². The SMILES string of the molecule is O=C(/C=C/c1ccccc1)N/C(=C\c1ccco1)C(=O)OCN1C(=O)c2ccccc2C1=O. The minimum Gasteiger partial charge on any atom is -0.465 e. The van der Waals surface area contributed by atoms with Crippen LogP contribution in [0.3, 0.4) is 0 Å². The molecule has 3 amide bonds. The van der Waals surface area contributed by atoms with Crippen LogP contribution >= 0.6 is 0 Å². The third-order valence-corrected chi connectivity index (χ3v) is 4.74. The molecule has 2 aromatic carbocycles. The number of nitrogens with one attached hydrogen (secondary N) is 1. The first-order chi connectivity index (χ1) is 16.0. The number of benzene rings is 2. The van der Waals surface area contributed by atoms with Crippen LogP contribution in [-0.2, 0) is 14.3 Å². The van der Waals surface area contributed by atoms with Crippen molar-refractivity contribution in [1.29, 1.82) is 0 Å². The van der Waals surface area contributed by atoms with E-state index in [2.05, 4.69) is 5.32 Å². The van der Waals surface area contributed by atoms with Crippen molar-refractivity contribution in [1.82, 2.24) is 10.2 Å². The quantitative estimate of drug-likeness (QED) is 0.342. The van der Waals surface area contributed by atoms with E-state index >= 15 is 0 Å². The van der Waals surface area contributed by atoms with Gasteiger partial charge in [-0.1, -0.05) is 42.5 Å². The van der Waals surface area contributed by atoms with Crippen LogP contribution in [0, 0.1) is 0 Å². The fourth-order valence-corrected chi connectivity index (χ4v) is 3.13. The number of ether oxygens (including phenoxy) is 1. The first-order valence-electron chi connectivity index (χ1n) is 9.94. The zero-order chi connectivity index (χ0) is 23.2. The summed E-state index contributed by atoms with van der Waals surface area (Å²) in [5, 5.41) is 2.45. The normalized spacial score (nSPS) is 13.3. The zero-order valence-electron chi connectivity index (χ0n) is 17.3. The smallest absolute Gasteiger partial charge is 0.356 e. The number of imide groups is 1. The van der Waals surface area contributed by atoms with E-state index in [1.54, 1.807) is 30.3 Å². The van der Waals surface area contributed by atoms with Crippen LogP contribution in [0.4, 0.5) is 0 Å². The monoisotopic (exact) mass is 442 g/mol. The number of amides is 3. The molecule has 2 heterocycles. The summed E-state index contributed by atoms with van der Waals surface area (Å²) in [4.78, 5) is 50.8. The molecule has 0 aliphatic carbocycles. The summed E-state index contributed by atoms with van der Waals surface area (Å²) in [5.41, 5.74) is 1.06. The van der Waals surface area contributed by atoms with Crippen LogP contribution in [-0.4, -0.2) is 35.3 Å². The molecular weight excluding hydrogens is 424 g/mol. The number of hydrogen-bond donors (Lipinski definition) is 1. The maximum Gasteiger partial charge on any atom is 0.356 e. The van der Waals surface area contributed by atoms with E-state index in [-0.39, 0.29) is 16.8 Å². The molecule has 0 spiro atoms. The topological polar surface area (TPSA) is 106 Å². The number of fused-ring (bicyclic) bond motifs is 1. The average molecular weight is 442 g/mol. The number of hydrogen-bond acceptors (Lipinski definition) is 6. The molecule has 0 saturated carbocycles. The standard InChI is InChI=1S/C25H18N2O6/c28-22(13-12-17-7-2-1-3-8-17)26-21(15-18-9-6-14-32-18)25(31)33-16-27-23(29)19-10-4-5-11-20(19)24(27)30/h1-15H,16H2,(H,26,28)/b13-12+,21-15-. The highest BCUT2D eigenvalue weighted by molar-refractivity contribution is 6.21. The molecule has 1 aromatic heterocycles. The van der Waals surface area contributed by atoms with E-state index in [1.807, 2.05) is 30.3 Å². The fourth-order valence-electron chi connectivity index (χ4n) is 3.13. The first kappa shape index (κ1) is 21.5. The van der Waals surface area contributed by atoms with Gasteiger partial charge in [-0.15, -0.1) is 0 Å². The van der Waals surface area contributed by atoms with Gasteiger partial charge in [-0.25, -0.2) is 9.69 Å². The summed E-state index contributed by atoms with van der Waals surface area (Å²) in [6.07, 6.45) is 5.55. The Balaban J connectivity index is 1.45. The highest BCUT2D eigenvalue weighted by Crippen LogP contribution is 2.22. The van der Waals surface area contributed by atoms with Gasteiger partial charge in [0.25, 0.3) is 11.8 Å². The van der Waals surface area contributed by atoms with Crippen molar-refractivity contribution in [2.24, 2.45) is 0 Å². The van der Waals surface area contributed by atoms with Crippen LogP contribution in [0.15, 0.2) is 89.2 Å². The molecule has 3 aromatic rings. The molecular formula is C25H18N2O6. The van der Waals surface area contributed by atoms with E-state index in [9.17, 15) is 19.2 Å². The molecule has 164 valence electrons. The Hall–Kier alpha value is -4.72. The van der Waals surface area contributed by atoms with Gasteiger partial charge in [-0.3, -0.25) is 14.4 Å². The number of carbonyl (C=O) groups excluding carboxylic acids is 4. The zero-order valence-corrected chi connectivity index (χ0v) is 17.3. The predicted molar refractivity (Wildman–Crippen MR) is 118 cm³/mol. The van der Waals surface area contributed by atoms with Gasteiger partial charge in [0.2, 0.25) is 5.91 Å². The number of furan rings is 1. The lowest BCUT2D eigenvalue weighted by molar-refractivity contribution is -0.142. The summed E-state index contributed by atoms with van der Waals surface area (Å²) in [6.45, 7) is -0.601. The second-order valence-electron chi connectivity index (χ2n) is 6.95. The Labute approximate surface area is 188 Å². The van der Waals surface area contributed by atoms with E-state index < -0.39 is 30.4 Å². The maximum absolute atomic E-state index is 12.7. The molecule has 0 radical (unpaired) electrons. The summed E-state index contributed by atoms with van der Waals surface area (Å²) in [6, 6.07) is 18.7. The lowest BCUT2D eigenvalue weighted by Gasteiger charge is -2.15. The molecule has 4 rings (SSSR count). The second-order valence-corrected chi connectivity index (χ2v) is 6.95. The minimum atomic E-state index is -0.940. The van der Waals surface area contributed by atoms with Crippen LogP contribution in [0.25, 0.3) is 12.2 Å². The first-order valence-corrected chi connectivity index (χ1v) is 9.94. The molecule has 0 unspecified atom stereocenters. The number of nitrogens with zero attached hydrogens (tertiary/aromatic N) is 1. The maximum atomic E-state index is 12.7. The molecule has 1 aliphatic rings. The number of rotatable bonds is 7. The summed E-state index contributed by atoms with van der Waals surface area (Å²) < 4.78 is 10.4. The van der Waals surface area contributed by atoms with E-state index in [1.165, 1.54) is 30.5 Å². The summed E-state index contributed by atoms with van der Waals surface area (Å²) in [7, 11) is 0. The van der Waals surface area contributed by atoms with Crippen molar-refractivity contribution >= 4 is 35.8 Å². The molecule has 0 bridgehead atoms. The summed E-state index contributed by atoms with van der Waals surface area (Å²) >= 11 is 0. The highest BCUT2D eigenvalue weighted by atomic mass is 16.5. The lowest BCUT2D eigenvalue weighted by Crippen LogP contribution is -2.35. The Morgan fingerprint density at radius 3 is 2.21 bits per heavy atom. The van der Waals surface area contributed by atoms with Crippen molar-refractivity contribution in [3.05, 3.63) is 107 Å². The molecule has 8 nitrogen and oxygen atoms in total. The van der Waals surface area contributed by atoms with Crippen molar-refractivity contribution in [3.8, 4) is 0 Å². The molecule has 8 heteroatoms. The van der Waals surface area contributed by atoms with Gasteiger partial charge in [-0.2, -0.15) is 0 Å². The molecule has 0 fully saturated rings. The van der Waals surface area contributed by atoms with Crippen LogP contribution in [0.1, 0.15) is 32.0 Å². The van der Waals surface area contributed by atoms with Crippen LogP contribution in [0.2, 0.25) is 0 Å². The van der Waals surface area contributed by atoms with Crippen molar-refractivity contribution < 1.29 is 28.3 Å². The highest BCUT2D eigenvalue weighted by Gasteiger charge is 2.36. The van der Waals surface area contributed by atoms with Gasteiger partial charge in [0.05, 0.1) is 17.4 Å². The third-order valence-electron chi connectivity index (χ3n) is 4.74. The lowest BCUT2D eigenvalue weighted by atomic mass is 10.1. The number of carbonyl (C=O) groups is 4. The molecule has 1 aliphatic heterocycles. The van der Waals surface area contributed by atoms with E-state index in [0.717, 1.165) is 10.5 Å². The molecule has 1 N–H and O–H groups in total. The number of esters is 1. The largest absolute Gasteiger partial charge is 0.465 e. The Kier molecular flexibility index (Phi) is 6.26. The predicted octanol–water partition coefficient (Wildman–Crippen LogP) is 3.25. The molecule has 33 heavy (non-hydrogen) atoms. The van der Waals surface area contributed by atoms with Crippen LogP contribution in [0.5, 0.6) is 0 Å². The van der Waals surface area contributed by atoms with Crippen molar-refractivity contribution in [2.75, 3.05) is 6.73 Å². The second kappa shape index (κ2) is 9.61. The van der Waals surface area contributed by atoms with Gasteiger partial charge < -0.3 is 14.5 Å². The van der Waals surface area contributed by atoms with Crippen molar-refractivity contribution in [2.45, 2.75) is 0 Å². The average Bonchev–Trinajstić information content (AvgIpc) is 3.43. The van der Waals surface area contributed by atoms with Gasteiger partial charge in [0.15, 0.2) is 6.73 Å². The summed E-state index contributed by atoms with van der Waals surface area (Å²) in [5.74, 6) is -2.33. The van der Waals surface area contributed by atoms with Gasteiger partial charge >= 0.3 is 5.97 Å². The van der Waals surface area contributed by atoms with E-state index in [4.69, 9.17) is 9.15 Å². The van der Waals surface area contributed by atoms with Crippen LogP contribution < -0.4 is 5.32 Å². The Morgan fingerprint density at radius 1 is 0.909 bits per heavy atom. The van der Waals surface area contributed by atoms with Gasteiger partial charge in [-0.05, 0) is 35.9 Å². The minimum absolute atomic E-state index is 0.218. The van der Waals surface area contributed by atoms with Crippen molar-refractivity contribution in [3.63, 3.8) is 0 Å². The fraction of sp³-hybridized carbons (Fsp3) is 0.0400. The van der Waals surface area contributed by atoms with Gasteiger partial charge in [0.1, 0.15) is 11.5 Å². The third kappa shape index (κ3) is 4.96. The molecule has 0 saturated heterocycles. The van der Waals surface area contributed by atoms with E-state index in [0.29, 0.717) is 5.76 Å². The Bertz CT molecular complexity index is 1220. The Morgan fingerprint density at radius 2 is 1.58 bits per heavy atom.